The molecule has 0 heterocycles. The first-order chi connectivity index (χ1) is 5.34. The third-order valence-electron chi connectivity index (χ3n) is 1.34. The molecule has 1 aliphatic carbocycles. The first-order valence-corrected chi connectivity index (χ1v) is 3.73. The monoisotopic (exact) mass is 151 g/mol. The van der Waals surface area contributed by atoms with Crippen molar-refractivity contribution < 1.29 is 9.84 Å². The van der Waals surface area contributed by atoms with Gasteiger partial charge in [0.05, 0.1) is 5.95 Å². The van der Waals surface area contributed by atoms with Crippen LogP contribution < -0.4 is 5.11 Å². The SMILES string of the molecule is CCCOC([O-])=C1C=CC=C1. The zero-order chi connectivity index (χ0) is 8.10. The molecule has 0 aromatic heterocycles. The Hall–Kier alpha value is -1.18. The lowest BCUT2D eigenvalue weighted by atomic mass is 10.3. The molecule has 0 aromatic carbocycles. The summed E-state index contributed by atoms with van der Waals surface area (Å²) in [5.74, 6) is -0.225. The Kier molecular flexibility index (Phi) is 2.78. The molecule has 0 N–H and O–H groups in total. The van der Waals surface area contributed by atoms with Crippen LogP contribution in [0.4, 0.5) is 0 Å². The second kappa shape index (κ2) is 3.86. The van der Waals surface area contributed by atoms with Crippen molar-refractivity contribution in [1.82, 2.24) is 0 Å². The molecule has 0 bridgehead atoms. The Balaban J connectivity index is 2.50. The molecule has 11 heavy (non-hydrogen) atoms. The minimum atomic E-state index is -0.225. The van der Waals surface area contributed by atoms with E-state index in [1.165, 1.54) is 0 Å². The Morgan fingerprint density at radius 1 is 1.45 bits per heavy atom. The fourth-order valence-electron chi connectivity index (χ4n) is 0.788. The van der Waals surface area contributed by atoms with Gasteiger partial charge >= 0.3 is 0 Å². The van der Waals surface area contributed by atoms with Crippen LogP contribution >= 0.6 is 0 Å². The van der Waals surface area contributed by atoms with Gasteiger partial charge in [-0.15, -0.1) is 0 Å². The average Bonchev–Trinajstić information content (AvgIpc) is 2.52. The summed E-state index contributed by atoms with van der Waals surface area (Å²) in [5, 5.41) is 11.0. The van der Waals surface area contributed by atoms with Gasteiger partial charge in [-0.25, -0.2) is 0 Å². The van der Waals surface area contributed by atoms with Crippen LogP contribution in [0, 0.1) is 0 Å². The molecule has 1 rings (SSSR count). The van der Waals surface area contributed by atoms with Crippen molar-refractivity contribution in [3.8, 4) is 0 Å². The Labute approximate surface area is 66.5 Å². The predicted molar refractivity (Wildman–Crippen MR) is 41.5 cm³/mol. The van der Waals surface area contributed by atoms with E-state index < -0.39 is 0 Å². The molecular formula is C9H11O2-. The van der Waals surface area contributed by atoms with Crippen molar-refractivity contribution in [2.24, 2.45) is 0 Å². The van der Waals surface area contributed by atoms with Gasteiger partial charge < -0.3 is 9.84 Å². The Bertz CT molecular complexity index is 198. The lowest BCUT2D eigenvalue weighted by Gasteiger charge is -2.15. The molecule has 0 fully saturated rings. The normalized spacial score (nSPS) is 14.1. The standard InChI is InChI=1S/C9H12O2/c1-2-7-11-9(10)8-5-3-4-6-8/h3-6,10H,2,7H2,1H3/p-1. The van der Waals surface area contributed by atoms with Crippen LogP contribution in [0.15, 0.2) is 35.8 Å². The van der Waals surface area contributed by atoms with Gasteiger partial charge in [0, 0.05) is 0 Å². The van der Waals surface area contributed by atoms with Gasteiger partial charge in [0.25, 0.3) is 0 Å². The highest BCUT2D eigenvalue weighted by atomic mass is 16.6. The third kappa shape index (κ3) is 2.15. The molecule has 0 saturated carbocycles. The number of allylic oxidation sites excluding steroid dienone is 5. The molecule has 0 radical (unpaired) electrons. The summed E-state index contributed by atoms with van der Waals surface area (Å²) in [7, 11) is 0. The second-order valence-electron chi connectivity index (χ2n) is 2.31. The van der Waals surface area contributed by atoms with E-state index in [-0.39, 0.29) is 5.95 Å². The summed E-state index contributed by atoms with van der Waals surface area (Å²) in [6.07, 6.45) is 8.01. The molecule has 2 nitrogen and oxygen atoms in total. The van der Waals surface area contributed by atoms with Crippen molar-refractivity contribution in [2.45, 2.75) is 13.3 Å². The highest BCUT2D eigenvalue weighted by molar-refractivity contribution is 5.39. The minimum Gasteiger partial charge on any atom is -0.613 e. The van der Waals surface area contributed by atoms with E-state index in [1.807, 2.05) is 19.1 Å². The number of hydrogen-bond acceptors (Lipinski definition) is 2. The fraction of sp³-hybridized carbons (Fsp3) is 0.333. The van der Waals surface area contributed by atoms with Gasteiger partial charge in [0.2, 0.25) is 0 Å². The molecule has 0 saturated heterocycles. The van der Waals surface area contributed by atoms with E-state index in [0.717, 1.165) is 6.42 Å². The summed E-state index contributed by atoms with van der Waals surface area (Å²) < 4.78 is 4.90. The summed E-state index contributed by atoms with van der Waals surface area (Å²) in [6, 6.07) is 0. The average molecular weight is 151 g/mol. The van der Waals surface area contributed by atoms with Crippen LogP contribution in [0.2, 0.25) is 0 Å². The molecule has 0 spiro atoms. The van der Waals surface area contributed by atoms with Gasteiger partial charge in [0.1, 0.15) is 0 Å². The zero-order valence-electron chi connectivity index (χ0n) is 6.54. The van der Waals surface area contributed by atoms with Gasteiger partial charge in [-0.3, -0.25) is 0 Å². The molecule has 0 atom stereocenters. The van der Waals surface area contributed by atoms with E-state index in [0.29, 0.717) is 12.2 Å². The maximum atomic E-state index is 11.0. The van der Waals surface area contributed by atoms with Gasteiger partial charge in [-0.2, -0.15) is 0 Å². The highest BCUT2D eigenvalue weighted by Gasteiger charge is 1.93. The molecule has 0 aliphatic heterocycles. The molecule has 60 valence electrons. The largest absolute Gasteiger partial charge is 0.613 e. The summed E-state index contributed by atoms with van der Waals surface area (Å²) in [6.45, 7) is 2.47. The van der Waals surface area contributed by atoms with Crippen molar-refractivity contribution in [3.05, 3.63) is 35.8 Å². The van der Waals surface area contributed by atoms with E-state index >= 15 is 0 Å². The van der Waals surface area contributed by atoms with Gasteiger partial charge in [-0.1, -0.05) is 31.2 Å². The van der Waals surface area contributed by atoms with Crippen LogP contribution in [0.5, 0.6) is 0 Å². The summed E-state index contributed by atoms with van der Waals surface area (Å²) >= 11 is 0. The summed E-state index contributed by atoms with van der Waals surface area (Å²) in [4.78, 5) is 0. The fourth-order valence-corrected chi connectivity index (χ4v) is 0.788. The van der Waals surface area contributed by atoms with Crippen LogP contribution in [0.1, 0.15) is 13.3 Å². The van der Waals surface area contributed by atoms with E-state index in [1.54, 1.807) is 12.2 Å². The lowest BCUT2D eigenvalue weighted by Crippen LogP contribution is -2.10. The van der Waals surface area contributed by atoms with E-state index in [4.69, 9.17) is 4.74 Å². The molecule has 0 unspecified atom stereocenters. The number of rotatable bonds is 3. The van der Waals surface area contributed by atoms with Crippen LogP contribution in [-0.2, 0) is 4.74 Å². The van der Waals surface area contributed by atoms with Crippen molar-refractivity contribution >= 4 is 0 Å². The first kappa shape index (κ1) is 7.92. The molecule has 2 heteroatoms. The Morgan fingerprint density at radius 3 is 2.64 bits per heavy atom. The van der Waals surface area contributed by atoms with Crippen molar-refractivity contribution in [3.63, 3.8) is 0 Å². The van der Waals surface area contributed by atoms with Crippen molar-refractivity contribution in [2.75, 3.05) is 6.61 Å². The molecule has 0 aromatic rings. The van der Waals surface area contributed by atoms with E-state index in [9.17, 15) is 5.11 Å². The minimum absolute atomic E-state index is 0.225. The third-order valence-corrected chi connectivity index (χ3v) is 1.34. The zero-order valence-corrected chi connectivity index (χ0v) is 6.54. The maximum Gasteiger partial charge on any atom is 0.0587 e. The lowest BCUT2D eigenvalue weighted by molar-refractivity contribution is -0.358. The van der Waals surface area contributed by atoms with Crippen LogP contribution in [0.25, 0.3) is 0 Å². The van der Waals surface area contributed by atoms with Crippen LogP contribution in [0.3, 0.4) is 0 Å². The first-order valence-electron chi connectivity index (χ1n) is 3.73. The topological polar surface area (TPSA) is 32.3 Å². The molecule has 1 aliphatic rings. The molecular weight excluding hydrogens is 140 g/mol. The Morgan fingerprint density at radius 2 is 2.09 bits per heavy atom. The predicted octanol–water partition coefficient (Wildman–Crippen LogP) is 1.11. The van der Waals surface area contributed by atoms with Gasteiger partial charge in [0.15, 0.2) is 0 Å². The smallest absolute Gasteiger partial charge is 0.0587 e. The highest BCUT2D eigenvalue weighted by Crippen LogP contribution is 2.10. The number of hydrogen-bond donors (Lipinski definition) is 0. The number of ether oxygens (including phenoxy) is 1. The summed E-state index contributed by atoms with van der Waals surface area (Å²) in [5.41, 5.74) is 0.637. The second-order valence-corrected chi connectivity index (χ2v) is 2.31. The maximum absolute atomic E-state index is 11.0. The van der Waals surface area contributed by atoms with E-state index in [2.05, 4.69) is 0 Å². The van der Waals surface area contributed by atoms with Crippen molar-refractivity contribution in [1.29, 1.82) is 0 Å². The quantitative estimate of drug-likeness (QED) is 0.566. The molecule has 0 amide bonds. The van der Waals surface area contributed by atoms with Crippen LogP contribution in [-0.4, -0.2) is 6.61 Å². The van der Waals surface area contributed by atoms with Gasteiger partial charge in [-0.05, 0) is 18.6 Å².